The number of ether oxygens (including phenoxy) is 1. The fourth-order valence-corrected chi connectivity index (χ4v) is 1.65. The summed E-state index contributed by atoms with van der Waals surface area (Å²) < 4.78 is 9.89. The van der Waals surface area contributed by atoms with E-state index in [0.29, 0.717) is 19.0 Å². The van der Waals surface area contributed by atoms with Crippen molar-refractivity contribution in [1.82, 2.24) is 15.8 Å². The summed E-state index contributed by atoms with van der Waals surface area (Å²) in [5.41, 5.74) is 1.98. The van der Waals surface area contributed by atoms with Crippen LogP contribution in [-0.2, 0) is 13.1 Å². The number of benzene rings is 1. The molecular formula is C14H18N4O2. The van der Waals surface area contributed by atoms with Crippen LogP contribution >= 0.6 is 0 Å². The number of hydrogen-bond donors (Lipinski definition) is 2. The highest BCUT2D eigenvalue weighted by molar-refractivity contribution is 5.79. The highest BCUT2D eigenvalue weighted by Crippen LogP contribution is 2.10. The lowest BCUT2D eigenvalue weighted by atomic mass is 10.2. The molecule has 0 amide bonds. The van der Waals surface area contributed by atoms with Gasteiger partial charge in [0.2, 0.25) is 0 Å². The summed E-state index contributed by atoms with van der Waals surface area (Å²) >= 11 is 0. The number of guanidine groups is 1. The van der Waals surface area contributed by atoms with Crippen molar-refractivity contribution in [3.8, 4) is 5.75 Å². The fourth-order valence-electron chi connectivity index (χ4n) is 1.65. The molecule has 0 unspecified atom stereocenters. The van der Waals surface area contributed by atoms with Gasteiger partial charge in [-0.2, -0.15) is 0 Å². The average Bonchev–Trinajstić information content (AvgIpc) is 3.01. The van der Waals surface area contributed by atoms with E-state index in [9.17, 15) is 0 Å². The van der Waals surface area contributed by atoms with Crippen molar-refractivity contribution in [3.63, 3.8) is 0 Å². The topological polar surface area (TPSA) is 71.7 Å². The van der Waals surface area contributed by atoms with Gasteiger partial charge in [-0.15, -0.1) is 0 Å². The molecule has 2 rings (SSSR count). The third kappa shape index (κ3) is 4.01. The summed E-state index contributed by atoms with van der Waals surface area (Å²) in [7, 11) is 3.38. The van der Waals surface area contributed by atoms with E-state index in [1.807, 2.05) is 30.3 Å². The highest BCUT2D eigenvalue weighted by Gasteiger charge is 2.01. The van der Waals surface area contributed by atoms with Gasteiger partial charge in [0.15, 0.2) is 5.96 Å². The first-order chi connectivity index (χ1) is 9.81. The smallest absolute Gasteiger partial charge is 0.191 e. The number of nitrogens with zero attached hydrogens (tertiary/aromatic N) is 2. The minimum Gasteiger partial charge on any atom is -0.497 e. The van der Waals surface area contributed by atoms with E-state index in [1.165, 1.54) is 0 Å². The number of nitrogens with one attached hydrogen (secondary N) is 2. The molecule has 0 aliphatic rings. The maximum absolute atomic E-state index is 5.12. The SMILES string of the molecule is CN=C(NCc1ccc(OC)cc1)NCc1ccon1. The summed E-state index contributed by atoms with van der Waals surface area (Å²) in [6, 6.07) is 9.70. The predicted octanol–water partition coefficient (Wildman–Crippen LogP) is 1.55. The van der Waals surface area contributed by atoms with E-state index < -0.39 is 0 Å². The zero-order valence-corrected chi connectivity index (χ0v) is 11.6. The van der Waals surface area contributed by atoms with Crippen molar-refractivity contribution < 1.29 is 9.26 Å². The molecule has 0 aliphatic carbocycles. The zero-order chi connectivity index (χ0) is 14.2. The minimum atomic E-state index is 0.568. The molecule has 0 radical (unpaired) electrons. The first-order valence-corrected chi connectivity index (χ1v) is 6.28. The Morgan fingerprint density at radius 2 is 1.95 bits per heavy atom. The van der Waals surface area contributed by atoms with E-state index in [2.05, 4.69) is 20.8 Å². The van der Waals surface area contributed by atoms with Crippen LogP contribution in [0.3, 0.4) is 0 Å². The Bertz CT molecular complexity index is 535. The molecule has 6 heteroatoms. The molecule has 6 nitrogen and oxygen atoms in total. The van der Waals surface area contributed by atoms with Crippen molar-refractivity contribution in [2.24, 2.45) is 4.99 Å². The molecule has 106 valence electrons. The Morgan fingerprint density at radius 3 is 2.55 bits per heavy atom. The second kappa shape index (κ2) is 7.18. The van der Waals surface area contributed by atoms with E-state index >= 15 is 0 Å². The molecule has 0 saturated heterocycles. The van der Waals surface area contributed by atoms with Gasteiger partial charge in [0, 0.05) is 19.7 Å². The van der Waals surface area contributed by atoms with Gasteiger partial charge in [0.1, 0.15) is 17.7 Å². The number of rotatable bonds is 5. The standard InChI is InChI=1S/C14H18N4O2/c1-15-14(17-10-12-7-8-20-18-12)16-9-11-3-5-13(19-2)6-4-11/h3-8H,9-10H2,1-2H3,(H2,15,16,17). The largest absolute Gasteiger partial charge is 0.497 e. The minimum absolute atomic E-state index is 0.568. The maximum atomic E-state index is 5.12. The van der Waals surface area contributed by atoms with Crippen molar-refractivity contribution in [3.05, 3.63) is 47.9 Å². The van der Waals surface area contributed by atoms with Gasteiger partial charge < -0.3 is 19.9 Å². The third-order valence-electron chi connectivity index (χ3n) is 2.77. The Labute approximate surface area is 117 Å². The van der Waals surface area contributed by atoms with Gasteiger partial charge in [-0.3, -0.25) is 4.99 Å². The molecule has 0 aliphatic heterocycles. The van der Waals surface area contributed by atoms with Gasteiger partial charge >= 0.3 is 0 Å². The van der Waals surface area contributed by atoms with Crippen LogP contribution in [0, 0.1) is 0 Å². The van der Waals surface area contributed by atoms with Crippen molar-refractivity contribution >= 4 is 5.96 Å². The second-order valence-corrected chi connectivity index (χ2v) is 4.12. The molecule has 0 bridgehead atoms. The lowest BCUT2D eigenvalue weighted by Gasteiger charge is -2.11. The maximum Gasteiger partial charge on any atom is 0.191 e. The van der Waals surface area contributed by atoms with Crippen LogP contribution in [-0.4, -0.2) is 25.3 Å². The Balaban J connectivity index is 1.81. The van der Waals surface area contributed by atoms with E-state index in [1.54, 1.807) is 20.4 Å². The Kier molecular flexibility index (Phi) is 5.00. The summed E-state index contributed by atoms with van der Waals surface area (Å²) in [4.78, 5) is 4.15. The van der Waals surface area contributed by atoms with E-state index in [0.717, 1.165) is 17.0 Å². The summed E-state index contributed by atoms with van der Waals surface area (Å²) in [6.07, 6.45) is 1.55. The lowest BCUT2D eigenvalue weighted by molar-refractivity contribution is 0.410. The molecule has 1 aromatic carbocycles. The zero-order valence-electron chi connectivity index (χ0n) is 11.6. The van der Waals surface area contributed by atoms with Crippen molar-refractivity contribution in [2.45, 2.75) is 13.1 Å². The van der Waals surface area contributed by atoms with E-state index in [-0.39, 0.29) is 0 Å². The summed E-state index contributed by atoms with van der Waals surface area (Å²) in [6.45, 7) is 1.25. The second-order valence-electron chi connectivity index (χ2n) is 4.12. The van der Waals surface area contributed by atoms with E-state index in [4.69, 9.17) is 9.26 Å². The molecule has 0 saturated carbocycles. The van der Waals surface area contributed by atoms with Crippen LogP contribution in [0.25, 0.3) is 0 Å². The Morgan fingerprint density at radius 1 is 1.20 bits per heavy atom. The predicted molar refractivity (Wildman–Crippen MR) is 76.5 cm³/mol. The summed E-state index contributed by atoms with van der Waals surface area (Å²) in [5, 5.41) is 10.2. The first kappa shape index (κ1) is 13.9. The van der Waals surface area contributed by atoms with Crippen LogP contribution in [0.15, 0.2) is 46.1 Å². The summed E-state index contributed by atoms with van der Waals surface area (Å²) in [5.74, 6) is 1.56. The van der Waals surface area contributed by atoms with Crippen molar-refractivity contribution in [2.75, 3.05) is 14.2 Å². The van der Waals surface area contributed by atoms with Gasteiger partial charge in [-0.1, -0.05) is 17.3 Å². The molecule has 1 heterocycles. The van der Waals surface area contributed by atoms with Crippen LogP contribution < -0.4 is 15.4 Å². The first-order valence-electron chi connectivity index (χ1n) is 6.28. The van der Waals surface area contributed by atoms with Crippen LogP contribution in [0.1, 0.15) is 11.3 Å². The monoisotopic (exact) mass is 274 g/mol. The fraction of sp³-hybridized carbons (Fsp3) is 0.286. The third-order valence-corrected chi connectivity index (χ3v) is 2.77. The molecule has 1 aromatic heterocycles. The lowest BCUT2D eigenvalue weighted by Crippen LogP contribution is -2.36. The van der Waals surface area contributed by atoms with Gasteiger partial charge in [0.25, 0.3) is 0 Å². The van der Waals surface area contributed by atoms with Crippen LogP contribution in [0.2, 0.25) is 0 Å². The number of methoxy groups -OCH3 is 1. The van der Waals surface area contributed by atoms with Gasteiger partial charge in [-0.05, 0) is 17.7 Å². The molecular weight excluding hydrogens is 256 g/mol. The molecule has 2 aromatic rings. The van der Waals surface area contributed by atoms with Gasteiger partial charge in [0.05, 0.1) is 13.7 Å². The molecule has 0 fully saturated rings. The number of hydrogen-bond acceptors (Lipinski definition) is 4. The van der Waals surface area contributed by atoms with Gasteiger partial charge in [-0.25, -0.2) is 0 Å². The average molecular weight is 274 g/mol. The van der Waals surface area contributed by atoms with Crippen LogP contribution in [0.4, 0.5) is 0 Å². The molecule has 0 spiro atoms. The van der Waals surface area contributed by atoms with Crippen molar-refractivity contribution in [1.29, 1.82) is 0 Å². The number of aliphatic imine (C=N–C) groups is 1. The quantitative estimate of drug-likeness (QED) is 0.639. The molecule has 20 heavy (non-hydrogen) atoms. The van der Waals surface area contributed by atoms with Crippen LogP contribution in [0.5, 0.6) is 5.75 Å². The highest BCUT2D eigenvalue weighted by atomic mass is 16.5. The normalized spacial score (nSPS) is 11.2. The molecule has 2 N–H and O–H groups in total. The number of aromatic nitrogens is 1. The molecule has 0 atom stereocenters. The Hall–Kier alpha value is -2.50.